The quantitative estimate of drug-likeness (QED) is 0.0622. The molecule has 0 saturated heterocycles. The molecule has 3 N–H and O–H groups in total. The van der Waals surface area contributed by atoms with E-state index in [1.807, 2.05) is 0 Å². The molecule has 1 aliphatic carbocycles. The van der Waals surface area contributed by atoms with E-state index >= 15 is 4.57 Å². The van der Waals surface area contributed by atoms with Crippen molar-refractivity contribution in [3.05, 3.63) is 41.0 Å². The van der Waals surface area contributed by atoms with Gasteiger partial charge < -0.3 is 29.5 Å². The third kappa shape index (κ3) is 9.63. The Hall–Kier alpha value is -2.41. The molecule has 0 aromatic heterocycles. The summed E-state index contributed by atoms with van der Waals surface area (Å²) in [6.45, 7) is 11.5. The molecule has 0 aliphatic heterocycles. The summed E-state index contributed by atoms with van der Waals surface area (Å²) in [4.78, 5) is 46.9. The first-order valence-electron chi connectivity index (χ1n) is 15.5. The van der Waals surface area contributed by atoms with Crippen molar-refractivity contribution in [2.75, 3.05) is 34.0 Å². The zero-order valence-electron chi connectivity index (χ0n) is 29.5. The number of benzene rings is 1. The number of fused-ring (bicyclic) bond motifs is 1. The predicted octanol–water partition coefficient (Wildman–Crippen LogP) is 5.67. The van der Waals surface area contributed by atoms with E-state index in [-0.39, 0.29) is 23.1 Å². The summed E-state index contributed by atoms with van der Waals surface area (Å²) in [6, 6.07) is 6.06. The smallest absolute Gasteiger partial charge is 0.363 e. The van der Waals surface area contributed by atoms with E-state index in [0.717, 1.165) is 0 Å². The van der Waals surface area contributed by atoms with Crippen LogP contribution in [0.25, 0.3) is 6.08 Å². The monoisotopic (exact) mass is 719 g/mol. The van der Waals surface area contributed by atoms with Crippen molar-refractivity contribution in [2.45, 2.75) is 86.2 Å². The lowest BCUT2D eigenvalue weighted by Crippen LogP contribution is -2.36. The van der Waals surface area contributed by atoms with Gasteiger partial charge in [-0.05, 0) is 105 Å². The van der Waals surface area contributed by atoms with Crippen LogP contribution in [-0.4, -0.2) is 68.0 Å². The molecule has 16 heteroatoms. The summed E-state index contributed by atoms with van der Waals surface area (Å²) in [7, 11) is -9.07. The summed E-state index contributed by atoms with van der Waals surface area (Å²) in [5.41, 5.74) is -3.09. The summed E-state index contributed by atoms with van der Waals surface area (Å²) in [6.07, 6.45) is 0.287. The molecule has 0 spiro atoms. The Labute approximate surface area is 282 Å². The zero-order valence-corrected chi connectivity index (χ0v) is 31.3. The Bertz CT molecular complexity index is 1400. The number of nitrogens with one attached hydrogen (secondary N) is 1. The van der Waals surface area contributed by atoms with Gasteiger partial charge in [0.1, 0.15) is 0 Å². The summed E-state index contributed by atoms with van der Waals surface area (Å²) < 4.78 is 62.5. The molecule has 272 valence electrons. The Morgan fingerprint density at radius 3 is 1.67 bits per heavy atom. The second-order valence-electron chi connectivity index (χ2n) is 14.4. The number of hydrogen-bond donors (Lipinski definition) is 3. The first-order chi connectivity index (χ1) is 22.0. The molecule has 48 heavy (non-hydrogen) atoms. The average Bonchev–Trinajstić information content (AvgIpc) is 3.33. The SMILES string of the molecule is CNCCCC(O)C1=Cc2ccccc2C1(P(=O)(O)OCOC(=O)C(C)(C)C)P(=O)(OCOC(=O)C(C)(C)C)OCOC(=O)C(C)(C)C. The summed E-state index contributed by atoms with van der Waals surface area (Å²) >= 11 is 0. The largest absolute Gasteiger partial charge is 0.438 e. The molecule has 0 radical (unpaired) electrons. The lowest BCUT2D eigenvalue weighted by atomic mass is 9.98. The van der Waals surface area contributed by atoms with E-state index < -0.39 is 80.7 Å². The van der Waals surface area contributed by atoms with Gasteiger partial charge in [0, 0.05) is 0 Å². The van der Waals surface area contributed by atoms with Gasteiger partial charge in [0.2, 0.25) is 25.3 Å². The van der Waals surface area contributed by atoms with Crippen molar-refractivity contribution >= 4 is 39.2 Å². The topological polar surface area (TPSA) is 193 Å². The van der Waals surface area contributed by atoms with Crippen LogP contribution in [-0.2, 0) is 56.2 Å². The average molecular weight is 720 g/mol. The lowest BCUT2D eigenvalue weighted by molar-refractivity contribution is -0.162. The third-order valence-corrected chi connectivity index (χ3v) is 12.6. The highest BCUT2D eigenvalue weighted by Gasteiger charge is 2.71. The van der Waals surface area contributed by atoms with Crippen molar-refractivity contribution in [3.63, 3.8) is 0 Å². The maximum Gasteiger partial charge on any atom is 0.363 e. The standard InChI is InChI=1S/C32H51NO13P2/c1-29(2,3)26(35)41-19-44-47(38,39)32(23-15-12-11-14-22(23)18-24(32)25(34)16-13-17-33-10)48(40,45-20-42-27(36)30(4,5)6)46-21-43-28(37)31(7,8)9/h11-12,14-15,18,25,33-34H,13,16-17,19-21H2,1-10H3,(H,38,39). The third-order valence-electron chi connectivity index (χ3n) is 7.20. The normalized spacial score (nSPS) is 18.7. The van der Waals surface area contributed by atoms with Gasteiger partial charge in [0.25, 0.3) is 0 Å². The number of aliphatic hydroxyl groups is 1. The number of carbonyl (C=O) groups is 3. The molecular weight excluding hydrogens is 668 g/mol. The van der Waals surface area contributed by atoms with Crippen LogP contribution in [0, 0.1) is 16.2 Å². The maximum atomic E-state index is 15.4. The fraction of sp³-hybridized carbons (Fsp3) is 0.656. The van der Waals surface area contributed by atoms with Gasteiger partial charge in [0.05, 0.1) is 22.3 Å². The van der Waals surface area contributed by atoms with Gasteiger partial charge >= 0.3 is 33.1 Å². The molecule has 1 aromatic rings. The minimum absolute atomic E-state index is 0.0272. The summed E-state index contributed by atoms with van der Waals surface area (Å²) in [5.74, 6) is -2.27. The molecule has 0 saturated carbocycles. The number of ether oxygens (including phenoxy) is 3. The van der Waals surface area contributed by atoms with Crippen LogP contribution >= 0.6 is 15.2 Å². The number of hydrogen-bond acceptors (Lipinski definition) is 13. The zero-order chi connectivity index (χ0) is 36.8. The highest BCUT2D eigenvalue weighted by Crippen LogP contribution is 2.85. The van der Waals surface area contributed by atoms with E-state index in [2.05, 4.69) is 5.32 Å². The lowest BCUT2D eigenvalue weighted by Gasteiger charge is -2.41. The highest BCUT2D eigenvalue weighted by molar-refractivity contribution is 7.73. The van der Waals surface area contributed by atoms with Gasteiger partial charge in [-0.15, -0.1) is 0 Å². The van der Waals surface area contributed by atoms with Crippen LogP contribution in [0.5, 0.6) is 0 Å². The molecule has 1 aliphatic rings. The van der Waals surface area contributed by atoms with E-state index in [1.54, 1.807) is 81.5 Å². The fourth-order valence-electron chi connectivity index (χ4n) is 4.51. The van der Waals surface area contributed by atoms with E-state index in [4.69, 9.17) is 27.8 Å². The van der Waals surface area contributed by atoms with E-state index in [1.165, 1.54) is 18.2 Å². The van der Waals surface area contributed by atoms with Crippen LogP contribution in [0.3, 0.4) is 0 Å². The summed E-state index contributed by atoms with van der Waals surface area (Å²) in [5, 5.41) is 14.6. The second-order valence-corrected chi connectivity index (χ2v) is 18.9. The van der Waals surface area contributed by atoms with Crippen LogP contribution < -0.4 is 5.32 Å². The molecule has 0 amide bonds. The van der Waals surface area contributed by atoms with Gasteiger partial charge in [0.15, 0.2) is 0 Å². The molecule has 0 heterocycles. The number of carbonyl (C=O) groups excluding carboxylic acids is 3. The van der Waals surface area contributed by atoms with Crippen molar-refractivity contribution in [3.8, 4) is 0 Å². The van der Waals surface area contributed by atoms with Gasteiger partial charge in [-0.2, -0.15) is 0 Å². The van der Waals surface area contributed by atoms with E-state index in [9.17, 15) is 28.9 Å². The van der Waals surface area contributed by atoms with E-state index in [0.29, 0.717) is 13.0 Å². The molecule has 0 fully saturated rings. The van der Waals surface area contributed by atoms with Gasteiger partial charge in [-0.3, -0.25) is 37.1 Å². The van der Waals surface area contributed by atoms with Crippen molar-refractivity contribution in [2.24, 2.45) is 16.2 Å². The number of esters is 3. The molecule has 3 atom stereocenters. The first-order valence-corrected chi connectivity index (χ1v) is 18.6. The fourth-order valence-corrected chi connectivity index (χ4v) is 9.56. The Morgan fingerprint density at radius 1 is 0.792 bits per heavy atom. The maximum absolute atomic E-state index is 15.4. The molecule has 1 aromatic carbocycles. The number of rotatable bonds is 16. The van der Waals surface area contributed by atoms with Crippen LogP contribution in [0.2, 0.25) is 0 Å². The first kappa shape index (κ1) is 41.8. The van der Waals surface area contributed by atoms with Crippen LogP contribution in [0.15, 0.2) is 29.8 Å². The predicted molar refractivity (Wildman–Crippen MR) is 177 cm³/mol. The Kier molecular flexibility index (Phi) is 14.0. The van der Waals surface area contributed by atoms with Crippen molar-refractivity contribution < 1.29 is 61.3 Å². The minimum atomic E-state index is -5.49. The Balaban J connectivity index is 2.82. The molecule has 2 rings (SSSR count). The molecule has 14 nitrogen and oxygen atoms in total. The van der Waals surface area contributed by atoms with Crippen LogP contribution in [0.1, 0.15) is 86.3 Å². The van der Waals surface area contributed by atoms with Crippen LogP contribution in [0.4, 0.5) is 0 Å². The van der Waals surface area contributed by atoms with Crippen molar-refractivity contribution in [1.82, 2.24) is 5.32 Å². The molecule has 0 bridgehead atoms. The van der Waals surface area contributed by atoms with Gasteiger partial charge in [-0.25, -0.2) is 0 Å². The van der Waals surface area contributed by atoms with Gasteiger partial charge in [-0.1, -0.05) is 30.3 Å². The molecule has 3 unspecified atom stereocenters. The number of aliphatic hydroxyl groups excluding tert-OH is 1. The molecular formula is C32H51NO13P2. The second kappa shape index (κ2) is 16.1. The van der Waals surface area contributed by atoms with Crippen molar-refractivity contribution in [1.29, 1.82) is 0 Å². The highest BCUT2D eigenvalue weighted by atomic mass is 31.2. The minimum Gasteiger partial charge on any atom is -0.438 e. The Morgan fingerprint density at radius 2 is 1.23 bits per heavy atom.